The zero-order chi connectivity index (χ0) is 28.9. The number of aromatic nitrogens is 2. The zero-order valence-electron chi connectivity index (χ0n) is 24.9. The van der Waals surface area contributed by atoms with E-state index in [4.69, 9.17) is 4.52 Å². The summed E-state index contributed by atoms with van der Waals surface area (Å²) in [5.41, 5.74) is 4.98. The molecule has 3 aromatic rings. The molecule has 2 aliphatic rings. The molecule has 0 spiro atoms. The van der Waals surface area contributed by atoms with Crippen LogP contribution in [0.4, 0.5) is 5.69 Å². The van der Waals surface area contributed by atoms with Gasteiger partial charge in [-0.3, -0.25) is 14.6 Å². The Bertz CT molecular complexity index is 1360. The van der Waals surface area contributed by atoms with Crippen LogP contribution in [0.2, 0.25) is 0 Å². The van der Waals surface area contributed by atoms with Crippen LogP contribution >= 0.6 is 24.8 Å². The molecule has 1 fully saturated rings. The molecule has 2 N–H and O–H groups in total. The van der Waals surface area contributed by atoms with Crippen LogP contribution in [-0.2, 0) is 22.7 Å². The first-order valence-electron chi connectivity index (χ1n) is 14.2. The third-order valence-electron chi connectivity index (χ3n) is 7.98. The Balaban J connectivity index is 0.00000253. The van der Waals surface area contributed by atoms with Gasteiger partial charge in [-0.2, -0.15) is 4.98 Å². The number of rotatable bonds is 10. The Morgan fingerprint density at radius 3 is 2.35 bits per heavy atom. The molecule has 5 rings (SSSR count). The highest BCUT2D eigenvalue weighted by atomic mass is 35.5. The van der Waals surface area contributed by atoms with Crippen LogP contribution in [0.1, 0.15) is 35.4 Å². The molecule has 43 heavy (non-hydrogen) atoms. The molecule has 234 valence electrons. The number of amides is 2. The Labute approximate surface area is 265 Å². The lowest BCUT2D eigenvalue weighted by molar-refractivity contribution is -0.151. The summed E-state index contributed by atoms with van der Waals surface area (Å²) in [4.78, 5) is 35.2. The number of carbonyl (C=O) groups excluding carboxylic acids is 2. The van der Waals surface area contributed by atoms with Crippen LogP contribution in [0.3, 0.4) is 0 Å². The van der Waals surface area contributed by atoms with Gasteiger partial charge in [0.25, 0.3) is 5.91 Å². The average Bonchev–Trinajstić information content (AvgIpc) is 3.61. The van der Waals surface area contributed by atoms with Gasteiger partial charge in [0.05, 0.1) is 12.6 Å². The summed E-state index contributed by atoms with van der Waals surface area (Å²) in [5.74, 6) is 0.680. The third kappa shape index (κ3) is 8.67. The molecule has 0 saturated carbocycles. The van der Waals surface area contributed by atoms with Crippen molar-refractivity contribution in [3.05, 3.63) is 65.0 Å². The Hall–Kier alpha value is -3.22. The van der Waals surface area contributed by atoms with Crippen molar-refractivity contribution in [2.24, 2.45) is 0 Å². The first-order chi connectivity index (χ1) is 19.8. The summed E-state index contributed by atoms with van der Waals surface area (Å²) >= 11 is 0. The van der Waals surface area contributed by atoms with Crippen molar-refractivity contribution in [1.29, 1.82) is 0 Å². The number of hydrogen-bond donors (Lipinski definition) is 2. The van der Waals surface area contributed by atoms with E-state index in [2.05, 4.69) is 32.5 Å². The van der Waals surface area contributed by atoms with E-state index in [0.717, 1.165) is 42.7 Å². The molecule has 0 radical (unpaired) electrons. The molecule has 2 aromatic carbocycles. The van der Waals surface area contributed by atoms with Gasteiger partial charge in [0.2, 0.25) is 17.6 Å². The number of fused-ring (bicyclic) bond motifs is 1. The quantitative estimate of drug-likeness (QED) is 0.347. The SMILES string of the molecule is Cc1nc(-c2ccc(C)c(NCC(=O)N(CCN3CCC(O)CC3)CC(=O)N(C)N3Cc4ccccc4C3)c2)no1.Cl.Cl. The monoisotopic (exact) mass is 633 g/mol. The van der Waals surface area contributed by atoms with Crippen molar-refractivity contribution in [3.63, 3.8) is 0 Å². The summed E-state index contributed by atoms with van der Waals surface area (Å²) in [6.07, 6.45) is 1.19. The predicted octanol–water partition coefficient (Wildman–Crippen LogP) is 3.28. The van der Waals surface area contributed by atoms with E-state index < -0.39 is 0 Å². The molecule has 0 atom stereocenters. The number of hydrazine groups is 1. The maximum atomic E-state index is 13.5. The number of aryl methyl sites for hydroxylation is 2. The van der Waals surface area contributed by atoms with Crippen molar-refractivity contribution in [3.8, 4) is 11.4 Å². The third-order valence-corrected chi connectivity index (χ3v) is 7.98. The number of aliphatic hydroxyl groups is 1. The van der Waals surface area contributed by atoms with Crippen LogP contribution in [0.15, 0.2) is 47.0 Å². The number of likely N-dealkylation sites (tertiary alicyclic amines) is 1. The predicted molar refractivity (Wildman–Crippen MR) is 169 cm³/mol. The summed E-state index contributed by atoms with van der Waals surface area (Å²) in [6, 6.07) is 14.0. The lowest BCUT2D eigenvalue weighted by atomic mass is 10.1. The maximum Gasteiger partial charge on any atom is 0.256 e. The van der Waals surface area contributed by atoms with Gasteiger partial charge in [-0.15, -0.1) is 24.8 Å². The standard InChI is InChI=1S/C30H39N7O4.2ClH/c1-21-8-9-23(30-32-22(2)41-33-30)16-27(21)31-17-28(39)36(15-14-35-12-10-26(38)11-13-35)20-29(40)34(3)37-18-24-6-4-5-7-25(24)19-37;;/h4-9,16,26,31,38H,10-15,17-20H2,1-3H3;2*1H. The minimum atomic E-state index is -0.261. The van der Waals surface area contributed by atoms with Crippen molar-refractivity contribution in [2.75, 3.05) is 51.6 Å². The minimum absolute atomic E-state index is 0. The second kappa shape index (κ2) is 15.5. The van der Waals surface area contributed by atoms with Gasteiger partial charge >= 0.3 is 0 Å². The number of halogens is 2. The molecule has 0 bridgehead atoms. The summed E-state index contributed by atoms with van der Waals surface area (Å²) < 4.78 is 5.11. The number of nitrogens with zero attached hydrogens (tertiary/aromatic N) is 6. The van der Waals surface area contributed by atoms with Crippen molar-refractivity contribution in [1.82, 2.24) is 30.0 Å². The fraction of sp³-hybridized carbons (Fsp3) is 0.467. The van der Waals surface area contributed by atoms with E-state index in [1.807, 2.05) is 42.3 Å². The molecule has 0 aliphatic carbocycles. The van der Waals surface area contributed by atoms with Crippen molar-refractivity contribution in [2.45, 2.75) is 45.9 Å². The van der Waals surface area contributed by atoms with Gasteiger partial charge in [0.1, 0.15) is 6.54 Å². The normalized spacial score (nSPS) is 15.3. The van der Waals surface area contributed by atoms with Gasteiger partial charge < -0.3 is 24.7 Å². The first-order valence-corrected chi connectivity index (χ1v) is 14.2. The summed E-state index contributed by atoms with van der Waals surface area (Å²) in [5, 5.41) is 20.8. The van der Waals surface area contributed by atoms with E-state index in [1.54, 1.807) is 23.9 Å². The number of piperidine rings is 1. The molecule has 2 aliphatic heterocycles. The second-order valence-corrected chi connectivity index (χ2v) is 10.9. The van der Waals surface area contributed by atoms with Crippen LogP contribution in [-0.4, -0.2) is 99.3 Å². The van der Waals surface area contributed by atoms with Crippen molar-refractivity contribution < 1.29 is 19.2 Å². The number of hydrogen-bond acceptors (Lipinski definition) is 9. The Morgan fingerprint density at radius 1 is 1.05 bits per heavy atom. The smallest absolute Gasteiger partial charge is 0.256 e. The number of carbonyl (C=O) groups is 2. The van der Waals surface area contributed by atoms with Crippen LogP contribution < -0.4 is 5.32 Å². The maximum absolute atomic E-state index is 13.5. The van der Waals surface area contributed by atoms with Crippen LogP contribution in [0.25, 0.3) is 11.4 Å². The topological polar surface area (TPSA) is 118 Å². The average molecular weight is 635 g/mol. The van der Waals surface area contributed by atoms with Gasteiger partial charge in [0, 0.05) is 64.5 Å². The first kappa shape index (κ1) is 34.3. The number of nitrogens with one attached hydrogen (secondary N) is 1. The summed E-state index contributed by atoms with van der Waals surface area (Å²) in [6.45, 7) is 7.71. The van der Waals surface area contributed by atoms with E-state index in [0.29, 0.717) is 37.9 Å². The van der Waals surface area contributed by atoms with E-state index in [-0.39, 0.29) is 55.8 Å². The van der Waals surface area contributed by atoms with Gasteiger partial charge in [0.15, 0.2) is 0 Å². The minimum Gasteiger partial charge on any atom is -0.393 e. The van der Waals surface area contributed by atoms with Crippen LogP contribution in [0.5, 0.6) is 0 Å². The molecule has 0 unspecified atom stereocenters. The van der Waals surface area contributed by atoms with E-state index in [1.165, 1.54) is 11.1 Å². The van der Waals surface area contributed by atoms with Crippen LogP contribution in [0, 0.1) is 13.8 Å². The Morgan fingerprint density at radius 2 is 1.72 bits per heavy atom. The fourth-order valence-corrected chi connectivity index (χ4v) is 5.30. The molecule has 1 aromatic heterocycles. The van der Waals surface area contributed by atoms with Crippen molar-refractivity contribution >= 4 is 42.3 Å². The van der Waals surface area contributed by atoms with E-state index >= 15 is 0 Å². The second-order valence-electron chi connectivity index (χ2n) is 10.9. The Kier molecular flexibility index (Phi) is 12.3. The number of aliphatic hydroxyl groups excluding tert-OH is 1. The molecule has 1 saturated heterocycles. The van der Waals surface area contributed by atoms with E-state index in [9.17, 15) is 14.7 Å². The number of benzene rings is 2. The zero-order valence-corrected chi connectivity index (χ0v) is 26.5. The highest BCUT2D eigenvalue weighted by Gasteiger charge is 2.28. The highest BCUT2D eigenvalue weighted by molar-refractivity contribution is 5.87. The fourth-order valence-electron chi connectivity index (χ4n) is 5.30. The molecule has 11 nitrogen and oxygen atoms in total. The largest absolute Gasteiger partial charge is 0.393 e. The molecular weight excluding hydrogens is 593 g/mol. The molecule has 3 heterocycles. The highest BCUT2D eigenvalue weighted by Crippen LogP contribution is 2.25. The van der Waals surface area contributed by atoms with Gasteiger partial charge in [-0.05, 0) is 42.5 Å². The molecule has 2 amide bonds. The molecule has 13 heteroatoms. The number of anilines is 1. The lowest BCUT2D eigenvalue weighted by Crippen LogP contribution is -2.50. The van der Waals surface area contributed by atoms with Gasteiger partial charge in [-0.25, -0.2) is 5.01 Å². The number of likely N-dealkylation sites (N-methyl/N-ethyl adjacent to an activating group) is 1. The van der Waals surface area contributed by atoms with Gasteiger partial charge in [-0.1, -0.05) is 41.6 Å². The molecular formula is C30H41Cl2N7O4. The lowest BCUT2D eigenvalue weighted by Gasteiger charge is -2.33. The summed E-state index contributed by atoms with van der Waals surface area (Å²) in [7, 11) is 1.77.